The quantitative estimate of drug-likeness (QED) is 0.559. The largest absolute Gasteiger partial charge is 0.383 e. The van der Waals surface area contributed by atoms with E-state index in [1.807, 2.05) is 23.5 Å². The SMILES string of the molecule is CCC(C)CSc1c(CNCCOC)c(C)nn1C. The molecule has 0 spiro atoms. The lowest BCUT2D eigenvalue weighted by Crippen LogP contribution is -2.19. The molecule has 110 valence electrons. The van der Waals surface area contributed by atoms with Crippen LogP contribution in [-0.4, -0.2) is 35.8 Å². The van der Waals surface area contributed by atoms with Gasteiger partial charge in [-0.25, -0.2) is 0 Å². The first kappa shape index (κ1) is 16.5. The zero-order valence-electron chi connectivity index (χ0n) is 12.8. The number of hydrogen-bond donors (Lipinski definition) is 1. The molecule has 4 nitrogen and oxygen atoms in total. The molecule has 0 saturated heterocycles. The third kappa shape index (κ3) is 5.16. The minimum absolute atomic E-state index is 0.745. The first-order chi connectivity index (χ1) is 9.10. The Morgan fingerprint density at radius 1 is 1.47 bits per heavy atom. The summed E-state index contributed by atoms with van der Waals surface area (Å²) in [4.78, 5) is 0. The Hall–Kier alpha value is -0.520. The van der Waals surface area contributed by atoms with E-state index < -0.39 is 0 Å². The van der Waals surface area contributed by atoms with E-state index in [1.54, 1.807) is 7.11 Å². The van der Waals surface area contributed by atoms with Gasteiger partial charge >= 0.3 is 0 Å². The number of hydrogen-bond acceptors (Lipinski definition) is 4. The van der Waals surface area contributed by atoms with Crippen LogP contribution in [0.3, 0.4) is 0 Å². The third-order valence-corrected chi connectivity index (χ3v) is 4.79. The van der Waals surface area contributed by atoms with Gasteiger partial charge in [-0.15, -0.1) is 11.8 Å². The maximum atomic E-state index is 5.05. The fraction of sp³-hybridized carbons (Fsp3) is 0.786. The van der Waals surface area contributed by atoms with E-state index in [2.05, 4.69) is 31.2 Å². The van der Waals surface area contributed by atoms with Crippen LogP contribution in [0.2, 0.25) is 0 Å². The molecule has 19 heavy (non-hydrogen) atoms. The summed E-state index contributed by atoms with van der Waals surface area (Å²) >= 11 is 1.92. The molecule has 0 fully saturated rings. The van der Waals surface area contributed by atoms with Gasteiger partial charge in [-0.1, -0.05) is 20.3 Å². The fourth-order valence-electron chi connectivity index (χ4n) is 1.79. The zero-order chi connectivity index (χ0) is 14.3. The van der Waals surface area contributed by atoms with Crippen LogP contribution in [0.15, 0.2) is 5.03 Å². The number of aromatic nitrogens is 2. The van der Waals surface area contributed by atoms with Crippen LogP contribution in [0.25, 0.3) is 0 Å². The molecule has 0 amide bonds. The topological polar surface area (TPSA) is 39.1 Å². The summed E-state index contributed by atoms with van der Waals surface area (Å²) in [5.41, 5.74) is 2.45. The Labute approximate surface area is 121 Å². The summed E-state index contributed by atoms with van der Waals surface area (Å²) in [6, 6.07) is 0. The second kappa shape index (κ2) is 8.61. The van der Waals surface area contributed by atoms with Crippen molar-refractivity contribution in [1.29, 1.82) is 0 Å². The number of rotatable bonds is 9. The molecular weight excluding hydrogens is 258 g/mol. The van der Waals surface area contributed by atoms with E-state index in [9.17, 15) is 0 Å². The average Bonchev–Trinajstić information content (AvgIpc) is 2.66. The summed E-state index contributed by atoms with van der Waals surface area (Å²) in [5.74, 6) is 1.90. The smallest absolute Gasteiger partial charge is 0.0984 e. The van der Waals surface area contributed by atoms with Crippen molar-refractivity contribution in [2.45, 2.75) is 38.8 Å². The van der Waals surface area contributed by atoms with Crippen molar-refractivity contribution >= 4 is 11.8 Å². The average molecular weight is 285 g/mol. The molecule has 0 aliphatic rings. The molecule has 0 saturated carbocycles. The molecule has 1 atom stereocenters. The molecule has 1 aromatic heterocycles. The standard InChI is InChI=1S/C14H27N3OS/c1-6-11(2)10-19-14-13(9-15-7-8-18-5)12(3)16-17(14)4/h11,15H,6-10H2,1-5H3. The summed E-state index contributed by atoms with van der Waals surface area (Å²) in [6.07, 6.45) is 1.23. The van der Waals surface area contributed by atoms with Crippen LogP contribution in [0, 0.1) is 12.8 Å². The molecule has 0 aromatic carbocycles. The van der Waals surface area contributed by atoms with Gasteiger partial charge < -0.3 is 10.1 Å². The summed E-state index contributed by atoms with van der Waals surface area (Å²) in [7, 11) is 3.76. The van der Waals surface area contributed by atoms with Gasteiger partial charge in [0.15, 0.2) is 0 Å². The Kier molecular flexibility index (Phi) is 7.49. The maximum Gasteiger partial charge on any atom is 0.0984 e. The molecule has 0 radical (unpaired) electrons. The van der Waals surface area contributed by atoms with Crippen LogP contribution in [0.4, 0.5) is 0 Å². The van der Waals surface area contributed by atoms with Crippen molar-refractivity contribution in [3.8, 4) is 0 Å². The Morgan fingerprint density at radius 2 is 2.21 bits per heavy atom. The van der Waals surface area contributed by atoms with E-state index in [1.165, 1.54) is 17.0 Å². The second-order valence-electron chi connectivity index (χ2n) is 4.99. The minimum atomic E-state index is 0.745. The van der Waals surface area contributed by atoms with Crippen molar-refractivity contribution in [3.05, 3.63) is 11.3 Å². The van der Waals surface area contributed by atoms with E-state index >= 15 is 0 Å². The second-order valence-corrected chi connectivity index (χ2v) is 6.00. The van der Waals surface area contributed by atoms with E-state index in [4.69, 9.17) is 4.74 Å². The highest BCUT2D eigenvalue weighted by molar-refractivity contribution is 7.99. The van der Waals surface area contributed by atoms with E-state index in [0.29, 0.717) is 0 Å². The first-order valence-electron chi connectivity index (χ1n) is 6.95. The fourth-order valence-corrected chi connectivity index (χ4v) is 3.09. The monoisotopic (exact) mass is 285 g/mol. The van der Waals surface area contributed by atoms with E-state index in [0.717, 1.165) is 37.1 Å². The Bertz CT molecular complexity index is 379. The highest BCUT2D eigenvalue weighted by Gasteiger charge is 2.14. The number of aryl methyl sites for hydroxylation is 2. The number of thioether (sulfide) groups is 1. The van der Waals surface area contributed by atoms with Gasteiger partial charge in [0.05, 0.1) is 17.3 Å². The summed E-state index contributed by atoms with van der Waals surface area (Å²) in [6.45, 7) is 9.11. The van der Waals surface area contributed by atoms with E-state index in [-0.39, 0.29) is 0 Å². The Balaban J connectivity index is 2.62. The maximum absolute atomic E-state index is 5.05. The molecule has 1 N–H and O–H groups in total. The van der Waals surface area contributed by atoms with Gasteiger partial charge in [-0.05, 0) is 12.8 Å². The molecule has 1 unspecified atom stereocenters. The van der Waals surface area contributed by atoms with Gasteiger partial charge in [0, 0.05) is 38.6 Å². The zero-order valence-corrected chi connectivity index (χ0v) is 13.6. The number of ether oxygens (including phenoxy) is 1. The number of nitrogens with zero attached hydrogens (tertiary/aromatic N) is 2. The third-order valence-electron chi connectivity index (χ3n) is 3.28. The van der Waals surface area contributed by atoms with Gasteiger partial charge in [-0.2, -0.15) is 5.10 Å². The van der Waals surface area contributed by atoms with Gasteiger partial charge in [0.25, 0.3) is 0 Å². The normalized spacial score (nSPS) is 12.9. The van der Waals surface area contributed by atoms with Crippen LogP contribution in [-0.2, 0) is 18.3 Å². The molecule has 1 heterocycles. The van der Waals surface area contributed by atoms with Crippen molar-refractivity contribution < 1.29 is 4.74 Å². The van der Waals surface area contributed by atoms with Crippen LogP contribution in [0.1, 0.15) is 31.5 Å². The first-order valence-corrected chi connectivity index (χ1v) is 7.93. The van der Waals surface area contributed by atoms with Gasteiger partial charge in [0.2, 0.25) is 0 Å². The summed E-state index contributed by atoms with van der Waals surface area (Å²) in [5, 5.41) is 9.24. The van der Waals surface area contributed by atoms with Crippen LogP contribution < -0.4 is 5.32 Å². The predicted octanol–water partition coefficient (Wildman–Crippen LogP) is 2.60. The highest BCUT2D eigenvalue weighted by atomic mass is 32.2. The molecular formula is C14H27N3OS. The molecule has 0 aliphatic carbocycles. The van der Waals surface area contributed by atoms with Crippen molar-refractivity contribution in [1.82, 2.24) is 15.1 Å². The van der Waals surface area contributed by atoms with Gasteiger partial charge in [0.1, 0.15) is 0 Å². The minimum Gasteiger partial charge on any atom is -0.383 e. The van der Waals surface area contributed by atoms with Crippen molar-refractivity contribution in [3.63, 3.8) is 0 Å². The molecule has 1 rings (SSSR count). The summed E-state index contributed by atoms with van der Waals surface area (Å²) < 4.78 is 7.06. The number of methoxy groups -OCH3 is 1. The Morgan fingerprint density at radius 3 is 2.84 bits per heavy atom. The molecule has 1 aromatic rings. The lowest BCUT2D eigenvalue weighted by atomic mass is 10.2. The lowest BCUT2D eigenvalue weighted by molar-refractivity contribution is 0.199. The lowest BCUT2D eigenvalue weighted by Gasteiger charge is -2.10. The van der Waals surface area contributed by atoms with Gasteiger partial charge in [-0.3, -0.25) is 4.68 Å². The molecule has 0 bridgehead atoms. The number of nitrogens with one attached hydrogen (secondary N) is 1. The highest BCUT2D eigenvalue weighted by Crippen LogP contribution is 2.27. The van der Waals surface area contributed by atoms with Crippen molar-refractivity contribution in [2.75, 3.05) is 26.0 Å². The molecule has 5 heteroatoms. The van der Waals surface area contributed by atoms with Crippen molar-refractivity contribution in [2.24, 2.45) is 13.0 Å². The molecule has 0 aliphatic heterocycles. The van der Waals surface area contributed by atoms with Crippen LogP contribution in [0.5, 0.6) is 0 Å². The predicted molar refractivity (Wildman–Crippen MR) is 81.7 cm³/mol. The van der Waals surface area contributed by atoms with Crippen LogP contribution >= 0.6 is 11.8 Å².